The summed E-state index contributed by atoms with van der Waals surface area (Å²) in [6.07, 6.45) is 4.43. The smallest absolute Gasteiger partial charge is 0.387 e. The molecule has 25 heavy (non-hydrogen) atoms. The number of amidine groups is 1. The van der Waals surface area contributed by atoms with Gasteiger partial charge in [-0.1, -0.05) is 6.42 Å². The predicted octanol–water partition coefficient (Wildman–Crippen LogP) is 1.30. The Hall–Kier alpha value is -1.74. The lowest BCUT2D eigenvalue weighted by molar-refractivity contribution is -0.0498. The third-order valence-corrected chi connectivity index (χ3v) is 4.33. The Balaban J connectivity index is 0.00000225. The van der Waals surface area contributed by atoms with E-state index >= 15 is 0 Å². The van der Waals surface area contributed by atoms with Gasteiger partial charge in [0.2, 0.25) is 5.13 Å². The van der Waals surface area contributed by atoms with Crippen molar-refractivity contribution in [3.05, 3.63) is 29.6 Å². The minimum Gasteiger partial charge on any atom is -1.00 e. The molecule has 0 spiro atoms. The van der Waals surface area contributed by atoms with Crippen LogP contribution in [0.2, 0.25) is 0 Å². The molecule has 0 fully saturated rings. The average molecular weight is 432 g/mol. The van der Waals surface area contributed by atoms with Crippen molar-refractivity contribution in [2.75, 3.05) is 12.0 Å². The zero-order valence-corrected chi connectivity index (χ0v) is 15.7. The summed E-state index contributed by atoms with van der Waals surface area (Å²) in [4.78, 5) is 8.96. The van der Waals surface area contributed by atoms with Crippen LogP contribution in [0.1, 0.15) is 25.7 Å². The highest BCUT2D eigenvalue weighted by atomic mass is 79.9. The van der Waals surface area contributed by atoms with Gasteiger partial charge < -0.3 is 21.7 Å². The molecule has 0 amide bonds. The molecule has 0 radical (unpaired) electrons. The maximum atomic E-state index is 12.2. The third-order valence-electron chi connectivity index (χ3n) is 3.57. The van der Waals surface area contributed by atoms with Crippen molar-refractivity contribution in [2.24, 2.45) is 4.99 Å². The number of thiazole rings is 1. The number of aliphatic imine (C=N–C) groups is 1. The van der Waals surface area contributed by atoms with E-state index in [1.165, 1.54) is 29.9 Å². The van der Waals surface area contributed by atoms with Gasteiger partial charge in [-0.3, -0.25) is 15.8 Å². The molecule has 2 N–H and O–H groups in total. The maximum absolute atomic E-state index is 12.2. The molecule has 1 aliphatic heterocycles. The van der Waals surface area contributed by atoms with Crippen LogP contribution in [0.15, 0.2) is 34.6 Å². The average Bonchev–Trinajstić information content (AvgIpc) is 2.88. The number of rotatable bonds is 5. The molecule has 0 unspecified atom stereocenters. The van der Waals surface area contributed by atoms with E-state index in [4.69, 9.17) is 0 Å². The molecule has 0 bridgehead atoms. The fourth-order valence-electron chi connectivity index (χ4n) is 2.37. The van der Waals surface area contributed by atoms with Crippen LogP contribution in [0.4, 0.5) is 13.9 Å². The van der Waals surface area contributed by atoms with E-state index in [9.17, 15) is 8.78 Å². The van der Waals surface area contributed by atoms with Gasteiger partial charge in [-0.25, -0.2) is 4.98 Å². The van der Waals surface area contributed by atoms with Gasteiger partial charge in [0.1, 0.15) is 11.6 Å². The van der Waals surface area contributed by atoms with Gasteiger partial charge in [0.15, 0.2) is 0 Å². The van der Waals surface area contributed by atoms with Crippen LogP contribution < -0.4 is 32.6 Å². The van der Waals surface area contributed by atoms with Crippen LogP contribution >= 0.6 is 11.3 Å². The lowest BCUT2D eigenvalue weighted by atomic mass is 10.2. The number of alkyl halides is 2. The monoisotopic (exact) mass is 431 g/mol. The highest BCUT2D eigenvalue weighted by Gasteiger charge is 2.08. The van der Waals surface area contributed by atoms with Gasteiger partial charge in [-0.15, -0.1) is 11.3 Å². The second-order valence-corrected chi connectivity index (χ2v) is 6.19. The number of nitrogens with zero attached hydrogens (tertiary/aromatic N) is 2. The Bertz CT molecular complexity index is 694. The van der Waals surface area contributed by atoms with Crippen molar-refractivity contribution in [3.8, 4) is 17.0 Å². The first kappa shape index (κ1) is 19.6. The Kier molecular flexibility index (Phi) is 7.57. The lowest BCUT2D eigenvalue weighted by Gasteiger charge is -2.08. The van der Waals surface area contributed by atoms with Gasteiger partial charge in [0.05, 0.1) is 5.69 Å². The lowest BCUT2D eigenvalue weighted by Crippen LogP contribution is -3.00. The first-order valence-electron chi connectivity index (χ1n) is 7.77. The number of nitrogens with one attached hydrogen (secondary N) is 2. The SMILES string of the molecule is FC(F)Oc1ccc(-c2csc(NNC3=NCCCCC3)n2)cc1.[Br-]. The summed E-state index contributed by atoms with van der Waals surface area (Å²) in [5, 5.41) is 2.63. The fraction of sp³-hybridized carbons (Fsp3) is 0.375. The van der Waals surface area contributed by atoms with Gasteiger partial charge in [0, 0.05) is 23.9 Å². The Morgan fingerprint density at radius 3 is 2.64 bits per heavy atom. The van der Waals surface area contributed by atoms with Gasteiger partial charge in [0.25, 0.3) is 0 Å². The summed E-state index contributed by atoms with van der Waals surface area (Å²) in [5.74, 6) is 1.09. The van der Waals surface area contributed by atoms with Gasteiger partial charge >= 0.3 is 6.61 Å². The predicted molar refractivity (Wildman–Crippen MR) is 91.7 cm³/mol. The molecule has 0 saturated carbocycles. The van der Waals surface area contributed by atoms with Crippen molar-refractivity contribution in [1.29, 1.82) is 0 Å². The molecule has 1 aromatic carbocycles. The number of hydrazine groups is 1. The third kappa shape index (κ3) is 5.93. The number of halogens is 3. The summed E-state index contributed by atoms with van der Waals surface area (Å²) in [7, 11) is 0. The number of ether oxygens (including phenoxy) is 1. The van der Waals surface area contributed by atoms with Gasteiger partial charge in [-0.05, 0) is 37.1 Å². The van der Waals surface area contributed by atoms with Crippen molar-refractivity contribution in [1.82, 2.24) is 10.4 Å². The number of benzene rings is 1. The van der Waals surface area contributed by atoms with Gasteiger partial charge in [-0.2, -0.15) is 8.78 Å². The molecule has 3 rings (SSSR count). The Morgan fingerprint density at radius 1 is 1.08 bits per heavy atom. The van der Waals surface area contributed by atoms with Crippen molar-refractivity contribution in [3.63, 3.8) is 0 Å². The van der Waals surface area contributed by atoms with E-state index < -0.39 is 6.61 Å². The molecular formula is C16H18BrF2N4OS-. The number of anilines is 1. The first-order chi connectivity index (χ1) is 11.7. The van der Waals surface area contributed by atoms with Crippen LogP contribution in [0.25, 0.3) is 11.3 Å². The van der Waals surface area contributed by atoms with E-state index in [2.05, 4.69) is 25.6 Å². The normalized spacial score (nSPS) is 14.3. The van der Waals surface area contributed by atoms with Crippen molar-refractivity contribution >= 4 is 22.3 Å². The molecule has 5 nitrogen and oxygen atoms in total. The summed E-state index contributed by atoms with van der Waals surface area (Å²) < 4.78 is 28.6. The highest BCUT2D eigenvalue weighted by Crippen LogP contribution is 2.26. The van der Waals surface area contributed by atoms with Crippen LogP contribution in [-0.2, 0) is 0 Å². The summed E-state index contributed by atoms with van der Waals surface area (Å²) >= 11 is 1.46. The summed E-state index contributed by atoms with van der Waals surface area (Å²) in [6, 6.07) is 6.43. The van der Waals surface area contributed by atoms with Crippen LogP contribution in [0, 0.1) is 0 Å². The largest absolute Gasteiger partial charge is 1.00 e. The second-order valence-electron chi connectivity index (χ2n) is 5.33. The van der Waals surface area contributed by atoms with E-state index in [1.807, 2.05) is 5.38 Å². The number of hydrogen-bond acceptors (Lipinski definition) is 6. The topological polar surface area (TPSA) is 58.5 Å². The first-order valence-corrected chi connectivity index (χ1v) is 8.65. The number of hydrogen-bond donors (Lipinski definition) is 2. The Morgan fingerprint density at radius 2 is 1.88 bits per heavy atom. The molecule has 2 aromatic rings. The Labute approximate surface area is 159 Å². The summed E-state index contributed by atoms with van der Waals surface area (Å²) in [5.41, 5.74) is 7.80. The quantitative estimate of drug-likeness (QED) is 0.700. The summed E-state index contributed by atoms with van der Waals surface area (Å²) in [6.45, 7) is -1.95. The fourth-order valence-corrected chi connectivity index (χ4v) is 3.05. The highest BCUT2D eigenvalue weighted by molar-refractivity contribution is 7.14. The molecular weight excluding hydrogens is 414 g/mol. The zero-order chi connectivity index (χ0) is 16.8. The molecule has 0 atom stereocenters. The molecule has 136 valence electrons. The van der Waals surface area contributed by atoms with Crippen molar-refractivity contribution in [2.45, 2.75) is 32.3 Å². The molecule has 0 saturated heterocycles. The molecule has 1 aromatic heterocycles. The van der Waals surface area contributed by atoms with E-state index in [-0.39, 0.29) is 22.7 Å². The number of aromatic nitrogens is 1. The van der Waals surface area contributed by atoms with Crippen molar-refractivity contribution < 1.29 is 30.5 Å². The van der Waals surface area contributed by atoms with E-state index in [1.54, 1.807) is 12.1 Å². The van der Waals surface area contributed by atoms with E-state index in [0.29, 0.717) is 0 Å². The standard InChI is InChI=1S/C16H18F2N4OS.BrH/c17-15(18)23-12-7-5-11(6-8-12)13-10-24-16(20-13)22-21-14-4-2-1-3-9-19-14;/h5-8,10,15H,1-4,9H2,(H,19,21)(H,20,22);1H/p-1. The van der Waals surface area contributed by atoms with E-state index in [0.717, 1.165) is 48.0 Å². The molecule has 2 heterocycles. The maximum Gasteiger partial charge on any atom is 0.387 e. The minimum atomic E-state index is -2.82. The second kappa shape index (κ2) is 9.67. The van der Waals surface area contributed by atoms with Crippen LogP contribution in [0.5, 0.6) is 5.75 Å². The minimum absolute atomic E-state index is 0. The molecule has 0 aliphatic carbocycles. The molecule has 9 heteroatoms. The van der Waals surface area contributed by atoms with Crippen LogP contribution in [-0.4, -0.2) is 24.0 Å². The molecule has 1 aliphatic rings. The van der Waals surface area contributed by atoms with Crippen LogP contribution in [0.3, 0.4) is 0 Å². The zero-order valence-electron chi connectivity index (χ0n) is 13.3.